The maximum atomic E-state index is 13.4. The molecule has 7 heteroatoms. The number of hydrogen-bond acceptors (Lipinski definition) is 7. The van der Waals surface area contributed by atoms with Crippen LogP contribution in [0, 0.1) is 11.3 Å². The van der Waals surface area contributed by atoms with E-state index in [0.717, 1.165) is 0 Å². The standard InChI is InChI=1S/C25H39NO6/c1-22(2,3)26-19-18(21(29)32-24(7,8)9)17(20(28)31-23(4,5)6)16-14(27)12-25(10,11)13-15(16)30-19/h17,26H,12-13H2,1-11H3. The molecule has 0 saturated carbocycles. The first-order chi connectivity index (χ1) is 14.2. The number of rotatable bonds is 3. The van der Waals surface area contributed by atoms with Crippen molar-refractivity contribution in [3.05, 3.63) is 22.8 Å². The molecule has 0 aromatic carbocycles. The van der Waals surface area contributed by atoms with Crippen molar-refractivity contribution < 1.29 is 28.6 Å². The van der Waals surface area contributed by atoms with Crippen LogP contribution in [-0.4, -0.2) is 34.5 Å². The Morgan fingerprint density at radius 2 is 1.47 bits per heavy atom. The van der Waals surface area contributed by atoms with Gasteiger partial charge in [-0.05, 0) is 67.7 Å². The highest BCUT2D eigenvalue weighted by Gasteiger charge is 2.50. The third-order valence-corrected chi connectivity index (χ3v) is 4.68. The molecule has 1 aliphatic heterocycles. The van der Waals surface area contributed by atoms with Gasteiger partial charge < -0.3 is 19.5 Å². The second-order valence-corrected chi connectivity index (χ2v) is 12.5. The van der Waals surface area contributed by atoms with E-state index >= 15 is 0 Å². The van der Waals surface area contributed by atoms with E-state index in [-0.39, 0.29) is 34.6 Å². The number of allylic oxidation sites excluding steroid dienone is 1. The molecule has 0 fully saturated rings. The number of ketones is 1. The molecule has 0 saturated heterocycles. The molecule has 1 N–H and O–H groups in total. The van der Waals surface area contributed by atoms with E-state index in [2.05, 4.69) is 5.32 Å². The second kappa shape index (κ2) is 8.23. The lowest BCUT2D eigenvalue weighted by Crippen LogP contribution is -2.46. The predicted molar refractivity (Wildman–Crippen MR) is 121 cm³/mol. The molecule has 0 bridgehead atoms. The van der Waals surface area contributed by atoms with Gasteiger partial charge in [0.2, 0.25) is 5.88 Å². The van der Waals surface area contributed by atoms with E-state index in [4.69, 9.17) is 14.2 Å². The van der Waals surface area contributed by atoms with Gasteiger partial charge in [0, 0.05) is 18.4 Å². The zero-order valence-electron chi connectivity index (χ0n) is 21.4. The average Bonchev–Trinajstić information content (AvgIpc) is 2.46. The Bertz CT molecular complexity index is 872. The molecule has 0 spiro atoms. The summed E-state index contributed by atoms with van der Waals surface area (Å²) in [5.74, 6) is -2.29. The molecule has 0 amide bonds. The lowest BCUT2D eigenvalue weighted by molar-refractivity contribution is -0.162. The largest absolute Gasteiger partial charge is 0.459 e. The third kappa shape index (κ3) is 6.59. The Kier molecular flexibility index (Phi) is 6.68. The van der Waals surface area contributed by atoms with E-state index in [1.165, 1.54) is 0 Å². The van der Waals surface area contributed by atoms with Crippen LogP contribution in [0.1, 0.15) is 89.0 Å². The van der Waals surface area contributed by atoms with Crippen LogP contribution in [0.5, 0.6) is 0 Å². The predicted octanol–water partition coefficient (Wildman–Crippen LogP) is 4.56. The fourth-order valence-electron chi connectivity index (χ4n) is 3.72. The van der Waals surface area contributed by atoms with Gasteiger partial charge in [-0.3, -0.25) is 9.59 Å². The monoisotopic (exact) mass is 449 g/mol. The topological polar surface area (TPSA) is 90.9 Å². The zero-order chi connectivity index (χ0) is 24.9. The molecular weight excluding hydrogens is 410 g/mol. The smallest absolute Gasteiger partial charge is 0.341 e. The van der Waals surface area contributed by atoms with Crippen molar-refractivity contribution in [1.29, 1.82) is 0 Å². The number of esters is 2. The van der Waals surface area contributed by atoms with Crippen LogP contribution in [0.15, 0.2) is 22.8 Å². The van der Waals surface area contributed by atoms with E-state index < -0.39 is 34.6 Å². The van der Waals surface area contributed by atoms with Gasteiger partial charge >= 0.3 is 11.9 Å². The maximum absolute atomic E-state index is 13.4. The van der Waals surface area contributed by atoms with Gasteiger partial charge in [-0.2, -0.15) is 0 Å². The van der Waals surface area contributed by atoms with E-state index in [9.17, 15) is 14.4 Å². The molecule has 0 radical (unpaired) electrons. The molecule has 2 aliphatic rings. The minimum Gasteiger partial charge on any atom is -0.459 e. The fraction of sp³-hybridized carbons (Fsp3) is 0.720. The molecule has 0 aromatic heterocycles. The Labute approximate surface area is 191 Å². The van der Waals surface area contributed by atoms with Crippen LogP contribution in [0.3, 0.4) is 0 Å². The molecule has 1 unspecified atom stereocenters. The van der Waals surface area contributed by atoms with E-state index in [1.807, 2.05) is 34.6 Å². The van der Waals surface area contributed by atoms with Crippen LogP contribution in [-0.2, 0) is 28.6 Å². The summed E-state index contributed by atoms with van der Waals surface area (Å²) in [6.07, 6.45) is 0.711. The van der Waals surface area contributed by atoms with Crippen molar-refractivity contribution in [2.45, 2.75) is 106 Å². The molecule has 1 atom stereocenters. The van der Waals surface area contributed by atoms with Gasteiger partial charge in [0.25, 0.3) is 0 Å². The Morgan fingerprint density at radius 1 is 0.938 bits per heavy atom. The number of nitrogens with one attached hydrogen (secondary N) is 1. The van der Waals surface area contributed by atoms with Gasteiger partial charge in [0.05, 0.1) is 5.57 Å². The van der Waals surface area contributed by atoms with Crippen molar-refractivity contribution in [3.63, 3.8) is 0 Å². The zero-order valence-corrected chi connectivity index (χ0v) is 21.4. The number of Topliss-reactive ketones (excluding diaryl/α,β-unsaturated/α-hetero) is 1. The highest BCUT2D eigenvalue weighted by Crippen LogP contribution is 2.46. The molecule has 1 aliphatic carbocycles. The van der Waals surface area contributed by atoms with Gasteiger partial charge in [0.15, 0.2) is 5.78 Å². The number of hydrogen-bond donors (Lipinski definition) is 1. The van der Waals surface area contributed by atoms with Gasteiger partial charge in [-0.1, -0.05) is 13.8 Å². The molecule has 32 heavy (non-hydrogen) atoms. The van der Waals surface area contributed by atoms with Crippen LogP contribution in [0.4, 0.5) is 0 Å². The van der Waals surface area contributed by atoms with Crippen LogP contribution >= 0.6 is 0 Å². The number of carbonyl (C=O) groups excluding carboxylic acids is 3. The molecule has 7 nitrogen and oxygen atoms in total. The van der Waals surface area contributed by atoms with Crippen molar-refractivity contribution in [1.82, 2.24) is 5.32 Å². The highest BCUT2D eigenvalue weighted by atomic mass is 16.6. The molecular formula is C25H39NO6. The SMILES string of the molecule is CC1(C)CC(=O)C2=C(C1)OC(NC(C)(C)C)=C(C(=O)OC(C)(C)C)C2C(=O)OC(C)(C)C. The lowest BCUT2D eigenvalue weighted by atomic mass is 9.71. The normalized spacial score (nSPS) is 21.6. The lowest BCUT2D eigenvalue weighted by Gasteiger charge is -2.40. The van der Waals surface area contributed by atoms with E-state index in [0.29, 0.717) is 12.2 Å². The third-order valence-electron chi connectivity index (χ3n) is 4.68. The first-order valence-corrected chi connectivity index (χ1v) is 11.1. The molecule has 1 heterocycles. The Hall–Kier alpha value is -2.31. The van der Waals surface area contributed by atoms with Crippen molar-refractivity contribution >= 4 is 17.7 Å². The van der Waals surface area contributed by atoms with Crippen LogP contribution in [0.25, 0.3) is 0 Å². The number of carbonyl (C=O) groups is 3. The van der Waals surface area contributed by atoms with Crippen molar-refractivity contribution in [2.24, 2.45) is 11.3 Å². The van der Waals surface area contributed by atoms with Gasteiger partial charge in [-0.25, -0.2) is 4.79 Å². The van der Waals surface area contributed by atoms with Crippen LogP contribution in [0.2, 0.25) is 0 Å². The summed E-state index contributed by atoms with van der Waals surface area (Å²) in [7, 11) is 0. The van der Waals surface area contributed by atoms with Crippen molar-refractivity contribution in [2.75, 3.05) is 0 Å². The molecule has 180 valence electrons. The maximum Gasteiger partial charge on any atom is 0.341 e. The quantitative estimate of drug-likeness (QED) is 0.632. The number of ether oxygens (including phenoxy) is 3. The van der Waals surface area contributed by atoms with E-state index in [1.54, 1.807) is 41.5 Å². The first-order valence-electron chi connectivity index (χ1n) is 11.1. The fourth-order valence-corrected chi connectivity index (χ4v) is 3.72. The second-order valence-electron chi connectivity index (χ2n) is 12.5. The Morgan fingerprint density at radius 3 is 1.94 bits per heavy atom. The highest BCUT2D eigenvalue weighted by molar-refractivity contribution is 6.08. The summed E-state index contributed by atoms with van der Waals surface area (Å²) >= 11 is 0. The summed E-state index contributed by atoms with van der Waals surface area (Å²) < 4.78 is 17.4. The minimum absolute atomic E-state index is 0.0316. The average molecular weight is 450 g/mol. The summed E-state index contributed by atoms with van der Waals surface area (Å²) in [5.41, 5.74) is -2.25. The minimum atomic E-state index is -1.22. The summed E-state index contributed by atoms with van der Waals surface area (Å²) in [4.78, 5) is 40.0. The Balaban J connectivity index is 2.73. The van der Waals surface area contributed by atoms with Gasteiger partial charge in [0.1, 0.15) is 28.5 Å². The summed E-state index contributed by atoms with van der Waals surface area (Å²) in [5, 5.41) is 3.20. The molecule has 2 rings (SSSR count). The van der Waals surface area contributed by atoms with Crippen molar-refractivity contribution in [3.8, 4) is 0 Å². The first kappa shape index (κ1) is 25.9. The van der Waals surface area contributed by atoms with Gasteiger partial charge in [-0.15, -0.1) is 0 Å². The summed E-state index contributed by atoms with van der Waals surface area (Å²) in [6.45, 7) is 20.2. The molecule has 0 aromatic rings. The summed E-state index contributed by atoms with van der Waals surface area (Å²) in [6, 6.07) is 0. The van der Waals surface area contributed by atoms with Crippen LogP contribution < -0.4 is 5.32 Å².